The first-order valence-corrected chi connectivity index (χ1v) is 2.65. The number of halogens is 1. The summed E-state index contributed by atoms with van der Waals surface area (Å²) >= 11 is 5.39. The van der Waals surface area contributed by atoms with E-state index >= 15 is 0 Å². The lowest BCUT2D eigenvalue weighted by molar-refractivity contribution is 0.121. The van der Waals surface area contributed by atoms with Crippen LogP contribution in [-0.4, -0.2) is 17.8 Å². The standard InChI is InChI=1S/C4H5ClO3/c1-2-3(5)8-4(6)7-2/h2-3H,1H3. The third kappa shape index (κ3) is 0.865. The van der Waals surface area contributed by atoms with Crippen LogP contribution in [0.1, 0.15) is 6.92 Å². The van der Waals surface area contributed by atoms with Gasteiger partial charge in [0.2, 0.25) is 5.56 Å². The van der Waals surface area contributed by atoms with E-state index in [-0.39, 0.29) is 6.10 Å². The molecule has 0 amide bonds. The Balaban J connectivity index is 2.51. The van der Waals surface area contributed by atoms with Gasteiger partial charge in [-0.15, -0.1) is 0 Å². The fourth-order valence-corrected chi connectivity index (χ4v) is 0.545. The van der Waals surface area contributed by atoms with Crippen molar-refractivity contribution in [2.75, 3.05) is 0 Å². The number of ether oxygens (including phenoxy) is 2. The lowest BCUT2D eigenvalue weighted by atomic mass is 10.4. The monoisotopic (exact) mass is 136 g/mol. The van der Waals surface area contributed by atoms with Crippen molar-refractivity contribution >= 4 is 17.8 Å². The van der Waals surface area contributed by atoms with Gasteiger partial charge in [0.05, 0.1) is 0 Å². The second-order valence-corrected chi connectivity index (χ2v) is 1.97. The minimum absolute atomic E-state index is 0.316. The van der Waals surface area contributed by atoms with E-state index in [1.165, 1.54) is 0 Å². The van der Waals surface area contributed by atoms with Gasteiger partial charge in [-0.2, -0.15) is 0 Å². The molecule has 1 aliphatic rings. The van der Waals surface area contributed by atoms with E-state index in [2.05, 4.69) is 9.47 Å². The lowest BCUT2D eigenvalue weighted by Crippen LogP contribution is -2.10. The molecule has 8 heavy (non-hydrogen) atoms. The van der Waals surface area contributed by atoms with Crippen LogP contribution in [0.2, 0.25) is 0 Å². The van der Waals surface area contributed by atoms with Crippen LogP contribution in [0.3, 0.4) is 0 Å². The molecular formula is C4H5ClO3. The summed E-state index contributed by atoms with van der Waals surface area (Å²) in [6.45, 7) is 1.67. The Labute approximate surface area is 51.5 Å². The average Bonchev–Trinajstić information content (AvgIpc) is 1.85. The van der Waals surface area contributed by atoms with E-state index in [9.17, 15) is 4.79 Å². The van der Waals surface area contributed by atoms with E-state index in [1.807, 2.05) is 0 Å². The van der Waals surface area contributed by atoms with Crippen LogP contribution in [-0.2, 0) is 9.47 Å². The first-order chi connectivity index (χ1) is 3.70. The number of alkyl halides is 1. The Morgan fingerprint density at radius 1 is 1.62 bits per heavy atom. The molecule has 2 unspecified atom stereocenters. The number of hydrogen-bond acceptors (Lipinski definition) is 3. The Morgan fingerprint density at radius 2 is 2.25 bits per heavy atom. The smallest absolute Gasteiger partial charge is 0.426 e. The first-order valence-electron chi connectivity index (χ1n) is 2.21. The molecule has 0 saturated carbocycles. The van der Waals surface area contributed by atoms with Crippen LogP contribution in [0.15, 0.2) is 0 Å². The number of cyclic esters (lactones) is 2. The highest BCUT2D eigenvalue weighted by Gasteiger charge is 2.30. The summed E-state index contributed by atoms with van der Waals surface area (Å²) in [7, 11) is 0. The van der Waals surface area contributed by atoms with Gasteiger partial charge in [0.25, 0.3) is 0 Å². The zero-order valence-electron chi connectivity index (χ0n) is 4.26. The van der Waals surface area contributed by atoms with Gasteiger partial charge in [0.1, 0.15) is 0 Å². The molecule has 1 aliphatic heterocycles. The van der Waals surface area contributed by atoms with Crippen molar-refractivity contribution in [1.82, 2.24) is 0 Å². The minimum Gasteiger partial charge on any atom is -0.426 e. The van der Waals surface area contributed by atoms with Crippen LogP contribution in [0, 0.1) is 0 Å². The summed E-state index contributed by atoms with van der Waals surface area (Å²) in [6.07, 6.45) is -0.998. The molecule has 1 saturated heterocycles. The maximum absolute atomic E-state index is 10.1. The molecule has 46 valence electrons. The Kier molecular flexibility index (Phi) is 1.29. The number of carbonyl (C=O) groups is 1. The molecule has 4 heteroatoms. The van der Waals surface area contributed by atoms with Gasteiger partial charge in [-0.25, -0.2) is 4.79 Å². The second kappa shape index (κ2) is 1.82. The van der Waals surface area contributed by atoms with Crippen LogP contribution in [0.5, 0.6) is 0 Å². The number of carbonyl (C=O) groups excluding carboxylic acids is 1. The zero-order chi connectivity index (χ0) is 6.15. The Bertz CT molecular complexity index is 102. The lowest BCUT2D eigenvalue weighted by Gasteiger charge is -1.98. The molecule has 0 spiro atoms. The summed E-state index contributed by atoms with van der Waals surface area (Å²) in [6, 6.07) is 0. The molecule has 0 bridgehead atoms. The van der Waals surface area contributed by atoms with Gasteiger partial charge in [-0.05, 0) is 6.92 Å². The highest BCUT2D eigenvalue weighted by molar-refractivity contribution is 6.20. The molecule has 0 aromatic carbocycles. The third-order valence-corrected chi connectivity index (χ3v) is 1.30. The van der Waals surface area contributed by atoms with Crippen molar-refractivity contribution in [3.63, 3.8) is 0 Å². The van der Waals surface area contributed by atoms with Crippen molar-refractivity contribution in [2.24, 2.45) is 0 Å². The van der Waals surface area contributed by atoms with E-state index in [1.54, 1.807) is 6.92 Å². The molecule has 2 atom stereocenters. The third-order valence-electron chi connectivity index (χ3n) is 0.860. The predicted octanol–water partition coefficient (Wildman–Crippen LogP) is 1.11. The van der Waals surface area contributed by atoms with E-state index < -0.39 is 11.7 Å². The molecule has 1 rings (SSSR count). The largest absolute Gasteiger partial charge is 0.510 e. The van der Waals surface area contributed by atoms with E-state index in [0.29, 0.717) is 0 Å². The molecular weight excluding hydrogens is 131 g/mol. The van der Waals surface area contributed by atoms with Crippen molar-refractivity contribution in [3.05, 3.63) is 0 Å². The van der Waals surface area contributed by atoms with Gasteiger partial charge in [0.15, 0.2) is 6.10 Å². The topological polar surface area (TPSA) is 35.5 Å². The first kappa shape index (κ1) is 5.69. The normalized spacial score (nSPS) is 36.5. The summed E-state index contributed by atoms with van der Waals surface area (Å²) in [4.78, 5) is 10.1. The van der Waals surface area contributed by atoms with Crippen molar-refractivity contribution in [2.45, 2.75) is 18.6 Å². The molecule has 0 radical (unpaired) electrons. The second-order valence-electron chi connectivity index (χ2n) is 1.54. The fraction of sp³-hybridized carbons (Fsp3) is 0.750. The molecule has 0 aromatic rings. The quantitative estimate of drug-likeness (QED) is 0.370. The van der Waals surface area contributed by atoms with Crippen molar-refractivity contribution in [3.8, 4) is 0 Å². The maximum Gasteiger partial charge on any atom is 0.510 e. The van der Waals surface area contributed by atoms with Crippen LogP contribution < -0.4 is 0 Å². The van der Waals surface area contributed by atoms with E-state index in [0.717, 1.165) is 0 Å². The predicted molar refractivity (Wildman–Crippen MR) is 26.7 cm³/mol. The molecule has 0 aromatic heterocycles. The fourth-order valence-electron chi connectivity index (χ4n) is 0.421. The molecule has 0 aliphatic carbocycles. The highest BCUT2D eigenvalue weighted by atomic mass is 35.5. The molecule has 0 N–H and O–H groups in total. The van der Waals surface area contributed by atoms with Crippen LogP contribution in [0.25, 0.3) is 0 Å². The van der Waals surface area contributed by atoms with Gasteiger partial charge in [-0.3, -0.25) is 0 Å². The summed E-state index contributed by atoms with van der Waals surface area (Å²) in [5, 5.41) is 0. The van der Waals surface area contributed by atoms with Crippen LogP contribution in [0.4, 0.5) is 4.79 Å². The zero-order valence-corrected chi connectivity index (χ0v) is 5.01. The number of hydrogen-bond donors (Lipinski definition) is 0. The minimum atomic E-state index is -0.683. The molecule has 1 heterocycles. The number of rotatable bonds is 0. The molecule has 3 nitrogen and oxygen atoms in total. The maximum atomic E-state index is 10.1. The Hall–Kier alpha value is -0.440. The SMILES string of the molecule is CC1OC(=O)OC1Cl. The molecule has 1 fully saturated rings. The Morgan fingerprint density at radius 3 is 2.38 bits per heavy atom. The summed E-state index contributed by atoms with van der Waals surface area (Å²) < 4.78 is 8.86. The van der Waals surface area contributed by atoms with Gasteiger partial charge >= 0.3 is 6.16 Å². The van der Waals surface area contributed by atoms with Gasteiger partial charge in [0, 0.05) is 0 Å². The van der Waals surface area contributed by atoms with Crippen molar-refractivity contribution < 1.29 is 14.3 Å². The summed E-state index contributed by atoms with van der Waals surface area (Å²) in [5.74, 6) is 0. The van der Waals surface area contributed by atoms with Gasteiger partial charge in [-0.1, -0.05) is 11.6 Å². The van der Waals surface area contributed by atoms with Crippen molar-refractivity contribution in [1.29, 1.82) is 0 Å². The summed E-state index contributed by atoms with van der Waals surface area (Å²) in [5.41, 5.74) is -0.609. The average molecular weight is 137 g/mol. The van der Waals surface area contributed by atoms with Crippen LogP contribution >= 0.6 is 11.6 Å². The van der Waals surface area contributed by atoms with Gasteiger partial charge < -0.3 is 9.47 Å². The highest BCUT2D eigenvalue weighted by Crippen LogP contribution is 2.16. The van der Waals surface area contributed by atoms with E-state index in [4.69, 9.17) is 11.6 Å².